The third-order valence-electron chi connectivity index (χ3n) is 3.98. The Morgan fingerprint density at radius 3 is 3.04 bits per heavy atom. The number of thiophene rings is 1. The standard InChI is InChI=1S/C16H17N3O4S/c1-11(23-13-6-2-8-17-15(13)19(21)22)16(20)18-9-3-5-12(18)14-7-4-10-24-14/h2,4,6-8,10-12H,3,5,9H2,1H3/t11-,12+/m1/s1. The van der Waals surface area contributed by atoms with Crippen LogP contribution in [0.15, 0.2) is 35.8 Å². The summed E-state index contributed by atoms with van der Waals surface area (Å²) in [4.78, 5) is 29.8. The van der Waals surface area contributed by atoms with E-state index in [-0.39, 0.29) is 23.5 Å². The molecule has 0 saturated carbocycles. The van der Waals surface area contributed by atoms with Gasteiger partial charge in [-0.25, -0.2) is 0 Å². The van der Waals surface area contributed by atoms with Crippen LogP contribution in [-0.2, 0) is 4.79 Å². The highest BCUT2D eigenvalue weighted by Crippen LogP contribution is 2.35. The number of rotatable bonds is 5. The molecule has 2 aromatic rings. The first-order valence-corrected chi connectivity index (χ1v) is 8.56. The van der Waals surface area contributed by atoms with Gasteiger partial charge in [0.1, 0.15) is 6.20 Å². The van der Waals surface area contributed by atoms with Crippen molar-refractivity contribution in [3.8, 4) is 5.75 Å². The fourth-order valence-corrected chi connectivity index (χ4v) is 3.77. The van der Waals surface area contributed by atoms with Crippen molar-refractivity contribution in [3.63, 3.8) is 0 Å². The summed E-state index contributed by atoms with van der Waals surface area (Å²) in [5.41, 5.74) is 0. The van der Waals surface area contributed by atoms with E-state index in [1.54, 1.807) is 29.2 Å². The van der Waals surface area contributed by atoms with Gasteiger partial charge in [0.15, 0.2) is 6.10 Å². The van der Waals surface area contributed by atoms with Gasteiger partial charge in [0.05, 0.1) is 6.04 Å². The zero-order valence-electron chi connectivity index (χ0n) is 13.1. The molecule has 0 radical (unpaired) electrons. The fourth-order valence-electron chi connectivity index (χ4n) is 2.89. The third-order valence-corrected chi connectivity index (χ3v) is 4.96. The first-order valence-electron chi connectivity index (χ1n) is 7.68. The van der Waals surface area contributed by atoms with Crippen LogP contribution in [0.3, 0.4) is 0 Å². The molecule has 2 aromatic heterocycles. The number of ether oxygens (including phenoxy) is 1. The predicted molar refractivity (Wildman–Crippen MR) is 89.0 cm³/mol. The normalized spacial score (nSPS) is 18.4. The van der Waals surface area contributed by atoms with Crippen LogP contribution in [0.5, 0.6) is 5.75 Å². The second-order valence-electron chi connectivity index (χ2n) is 5.55. The van der Waals surface area contributed by atoms with Crippen LogP contribution in [0.1, 0.15) is 30.7 Å². The molecule has 8 heteroatoms. The second-order valence-corrected chi connectivity index (χ2v) is 6.53. The topological polar surface area (TPSA) is 85.6 Å². The van der Waals surface area contributed by atoms with E-state index in [1.807, 2.05) is 17.5 Å². The van der Waals surface area contributed by atoms with E-state index in [2.05, 4.69) is 4.98 Å². The lowest BCUT2D eigenvalue weighted by Crippen LogP contribution is -2.40. The Hall–Kier alpha value is -2.48. The van der Waals surface area contributed by atoms with Gasteiger partial charge in [-0.15, -0.1) is 11.3 Å². The van der Waals surface area contributed by atoms with E-state index in [0.717, 1.165) is 17.7 Å². The van der Waals surface area contributed by atoms with E-state index in [4.69, 9.17) is 4.74 Å². The molecule has 0 spiro atoms. The van der Waals surface area contributed by atoms with Crippen LogP contribution >= 0.6 is 11.3 Å². The van der Waals surface area contributed by atoms with E-state index in [0.29, 0.717) is 6.54 Å². The molecule has 1 amide bonds. The maximum atomic E-state index is 12.8. The molecule has 1 fully saturated rings. The highest BCUT2D eigenvalue weighted by atomic mass is 32.1. The SMILES string of the molecule is C[C@@H](Oc1cccnc1[N+](=O)[O-])C(=O)N1CCC[C@H]1c1cccs1. The third kappa shape index (κ3) is 3.23. The lowest BCUT2D eigenvalue weighted by molar-refractivity contribution is -0.390. The molecule has 0 unspecified atom stereocenters. The first-order chi connectivity index (χ1) is 11.6. The van der Waals surface area contributed by atoms with Gasteiger partial charge in [-0.3, -0.25) is 4.79 Å². The zero-order valence-corrected chi connectivity index (χ0v) is 13.9. The summed E-state index contributed by atoms with van der Waals surface area (Å²) in [6.07, 6.45) is 2.37. The van der Waals surface area contributed by atoms with Gasteiger partial charge in [0, 0.05) is 11.4 Å². The minimum atomic E-state index is -0.812. The molecule has 1 aliphatic heterocycles. The van der Waals surface area contributed by atoms with Crippen LogP contribution in [-0.4, -0.2) is 33.4 Å². The van der Waals surface area contributed by atoms with E-state index in [9.17, 15) is 14.9 Å². The molecule has 0 N–H and O–H groups in total. The summed E-state index contributed by atoms with van der Waals surface area (Å²) in [7, 11) is 0. The minimum absolute atomic E-state index is 0.00946. The number of carbonyl (C=O) groups excluding carboxylic acids is 1. The number of nitrogens with zero attached hydrogens (tertiary/aromatic N) is 3. The minimum Gasteiger partial charge on any atom is -0.473 e. The summed E-state index contributed by atoms with van der Waals surface area (Å²) < 4.78 is 5.55. The van der Waals surface area contributed by atoms with Gasteiger partial charge in [-0.05, 0) is 53.3 Å². The molecule has 7 nitrogen and oxygen atoms in total. The number of pyridine rings is 1. The van der Waals surface area contributed by atoms with Gasteiger partial charge < -0.3 is 19.8 Å². The van der Waals surface area contributed by atoms with E-state index in [1.165, 1.54) is 12.3 Å². The summed E-state index contributed by atoms with van der Waals surface area (Å²) in [6, 6.07) is 7.06. The van der Waals surface area contributed by atoms with E-state index < -0.39 is 11.0 Å². The molecule has 0 bridgehead atoms. The van der Waals surface area contributed by atoms with Crippen molar-refractivity contribution in [1.29, 1.82) is 0 Å². The van der Waals surface area contributed by atoms with Gasteiger partial charge in [-0.1, -0.05) is 6.07 Å². The molecule has 0 aromatic carbocycles. The lowest BCUT2D eigenvalue weighted by atomic mass is 10.2. The zero-order chi connectivity index (χ0) is 17.1. The Morgan fingerprint density at radius 2 is 2.33 bits per heavy atom. The molecule has 126 valence electrons. The molecule has 24 heavy (non-hydrogen) atoms. The first kappa shape index (κ1) is 16.4. The molecule has 2 atom stereocenters. The number of nitro groups is 1. The fraction of sp³-hybridized carbons (Fsp3) is 0.375. The number of carbonyl (C=O) groups is 1. The van der Waals surface area contributed by atoms with Crippen molar-refractivity contribution in [1.82, 2.24) is 9.88 Å². The summed E-state index contributed by atoms with van der Waals surface area (Å²) in [6.45, 7) is 2.28. The Morgan fingerprint density at radius 1 is 1.50 bits per heavy atom. The summed E-state index contributed by atoms with van der Waals surface area (Å²) in [5.74, 6) is -0.535. The van der Waals surface area contributed by atoms with Crippen molar-refractivity contribution in [2.45, 2.75) is 31.9 Å². The Bertz CT molecular complexity index is 735. The van der Waals surface area contributed by atoms with Crippen molar-refractivity contribution < 1.29 is 14.5 Å². The number of aromatic nitrogens is 1. The second kappa shape index (κ2) is 6.96. The largest absolute Gasteiger partial charge is 0.473 e. The molecule has 3 heterocycles. The van der Waals surface area contributed by atoms with Crippen molar-refractivity contribution >= 4 is 23.1 Å². The summed E-state index contributed by atoms with van der Waals surface area (Å²) in [5, 5.41) is 13.0. The predicted octanol–water partition coefficient (Wildman–Crippen LogP) is 3.18. The molecule has 0 aliphatic carbocycles. The number of likely N-dealkylation sites (tertiary alicyclic amines) is 1. The van der Waals surface area contributed by atoms with Gasteiger partial charge in [0.25, 0.3) is 5.91 Å². The van der Waals surface area contributed by atoms with Crippen molar-refractivity contribution in [3.05, 3.63) is 50.8 Å². The molecular formula is C16H17N3O4S. The molecular weight excluding hydrogens is 330 g/mol. The lowest BCUT2D eigenvalue weighted by Gasteiger charge is -2.27. The van der Waals surface area contributed by atoms with Crippen LogP contribution < -0.4 is 4.74 Å². The van der Waals surface area contributed by atoms with Crippen LogP contribution in [0, 0.1) is 10.1 Å². The van der Waals surface area contributed by atoms with Crippen LogP contribution in [0.2, 0.25) is 0 Å². The van der Waals surface area contributed by atoms with E-state index >= 15 is 0 Å². The van der Waals surface area contributed by atoms with Crippen LogP contribution in [0.4, 0.5) is 5.82 Å². The van der Waals surface area contributed by atoms with Gasteiger partial charge in [-0.2, -0.15) is 0 Å². The number of amides is 1. The molecule has 1 saturated heterocycles. The van der Waals surface area contributed by atoms with Crippen molar-refractivity contribution in [2.24, 2.45) is 0 Å². The smallest absolute Gasteiger partial charge is 0.406 e. The monoisotopic (exact) mass is 347 g/mol. The average molecular weight is 347 g/mol. The number of hydrogen-bond donors (Lipinski definition) is 0. The maximum absolute atomic E-state index is 12.8. The Kier molecular flexibility index (Phi) is 4.75. The Labute approximate surface area is 143 Å². The maximum Gasteiger partial charge on any atom is 0.406 e. The summed E-state index contributed by atoms with van der Waals surface area (Å²) >= 11 is 1.63. The van der Waals surface area contributed by atoms with Gasteiger partial charge >= 0.3 is 5.82 Å². The highest BCUT2D eigenvalue weighted by molar-refractivity contribution is 7.10. The highest BCUT2D eigenvalue weighted by Gasteiger charge is 2.34. The Balaban J connectivity index is 1.74. The van der Waals surface area contributed by atoms with Gasteiger partial charge in [0.2, 0.25) is 5.75 Å². The van der Waals surface area contributed by atoms with Crippen LogP contribution in [0.25, 0.3) is 0 Å². The van der Waals surface area contributed by atoms with Crippen molar-refractivity contribution in [2.75, 3.05) is 6.54 Å². The average Bonchev–Trinajstić information content (AvgIpc) is 3.25. The number of hydrogen-bond acceptors (Lipinski definition) is 6. The quantitative estimate of drug-likeness (QED) is 0.612. The molecule has 1 aliphatic rings. The molecule has 3 rings (SSSR count).